The number of aliphatic carboxylic acids is 2. The fourth-order valence-electron chi connectivity index (χ4n) is 0. The van der Waals surface area contributed by atoms with Crippen molar-refractivity contribution in [2.75, 3.05) is 0 Å². The quantitative estimate of drug-likeness (QED) is 0.460. The van der Waals surface area contributed by atoms with Gasteiger partial charge < -0.3 is 10.2 Å². The average molecular weight is 462 g/mol. The van der Waals surface area contributed by atoms with E-state index < -0.39 is 11.9 Å². The number of carbonyl (C=O) groups is 2. The first-order valence-corrected chi connectivity index (χ1v) is 1.11. The third-order valence-corrected chi connectivity index (χ3v) is 0.183. The van der Waals surface area contributed by atoms with Crippen molar-refractivity contribution in [3.63, 3.8) is 0 Å². The summed E-state index contributed by atoms with van der Waals surface area (Å²) >= 11 is 0. The van der Waals surface area contributed by atoms with E-state index in [-0.39, 0.29) is 40.8 Å². The summed E-state index contributed by atoms with van der Waals surface area (Å²) in [4.78, 5) is 18.2. The molecule has 0 aliphatic carbocycles. The summed E-state index contributed by atoms with van der Waals surface area (Å²) in [5.41, 5.74) is 0. The molecule has 0 fully saturated rings. The first-order valence-electron chi connectivity index (χ1n) is 1.11. The number of hydrogen-bond acceptors (Lipinski definition) is 2. The maximum atomic E-state index is 9.10. The summed E-state index contributed by atoms with van der Waals surface area (Å²) in [5, 5.41) is 14.8. The van der Waals surface area contributed by atoms with E-state index >= 15 is 0 Å². The summed E-state index contributed by atoms with van der Waals surface area (Å²) in [5.74, 6) is -3.65. The summed E-state index contributed by atoms with van der Waals surface area (Å²) in [6.45, 7) is 0. The average Bonchev–Trinajstić information content (AvgIpc) is 1.36. The minimum Gasteiger partial charge on any atom is -0.473 e. The van der Waals surface area contributed by atoms with Crippen molar-refractivity contribution in [3.05, 3.63) is 0 Å². The topological polar surface area (TPSA) is 74.6 Å². The summed E-state index contributed by atoms with van der Waals surface area (Å²) in [7, 11) is 0. The predicted octanol–water partition coefficient (Wildman–Crippen LogP) is -0.849. The van der Waals surface area contributed by atoms with E-state index in [4.69, 9.17) is 19.8 Å². The third kappa shape index (κ3) is 9.55. The van der Waals surface area contributed by atoms with Gasteiger partial charge in [-0.3, -0.25) is 0 Å². The Morgan fingerprint density at radius 1 is 0.875 bits per heavy atom. The number of carboxylic acids is 2. The van der Waals surface area contributed by atoms with Gasteiger partial charge in [0.1, 0.15) is 0 Å². The van der Waals surface area contributed by atoms with Crippen molar-refractivity contribution < 1.29 is 60.6 Å². The van der Waals surface area contributed by atoms with Crippen LogP contribution in [-0.2, 0) is 50.4 Å². The van der Waals surface area contributed by atoms with E-state index in [1.54, 1.807) is 0 Å². The van der Waals surface area contributed by atoms with Crippen molar-refractivity contribution in [3.8, 4) is 0 Å². The molecule has 0 heterocycles. The summed E-state index contributed by atoms with van der Waals surface area (Å²) in [6, 6.07) is 0. The first-order chi connectivity index (χ1) is 2.64. The Morgan fingerprint density at radius 2 is 1.00 bits per heavy atom. The smallest absolute Gasteiger partial charge is 0.414 e. The molecule has 0 amide bonds. The van der Waals surface area contributed by atoms with Gasteiger partial charge in [-0.05, 0) is 0 Å². The zero-order valence-corrected chi connectivity index (χ0v) is 8.90. The van der Waals surface area contributed by atoms with E-state index in [1.165, 1.54) is 0 Å². The van der Waals surface area contributed by atoms with Crippen LogP contribution in [0.15, 0.2) is 0 Å². The van der Waals surface area contributed by atoms with Gasteiger partial charge in [-0.25, -0.2) is 9.59 Å². The first kappa shape index (κ1) is 15.7. The van der Waals surface area contributed by atoms with Crippen LogP contribution in [0.5, 0.6) is 0 Å². The van der Waals surface area contributed by atoms with Crippen LogP contribution in [0.4, 0.5) is 0 Å². The molecule has 0 saturated carbocycles. The molecule has 2 N–H and O–H groups in total. The molecule has 0 aromatic heterocycles. The normalized spacial score (nSPS) is 5.50. The zero-order chi connectivity index (χ0) is 5.15. The van der Waals surface area contributed by atoms with Crippen LogP contribution in [-0.4, -0.2) is 22.2 Å². The molecular weight excluding hydrogens is 460 g/mol. The molecule has 0 saturated heterocycles. The molecule has 0 atom stereocenters. The van der Waals surface area contributed by atoms with Crippen molar-refractivity contribution in [1.29, 1.82) is 0 Å². The fraction of sp³-hybridized carbons (Fsp3) is 0. The molecule has 8 heavy (non-hydrogen) atoms. The second kappa shape index (κ2) is 7.26. The van der Waals surface area contributed by atoms with E-state index in [1.807, 2.05) is 0 Å². The van der Waals surface area contributed by atoms with Crippen LogP contribution in [0.25, 0.3) is 0 Å². The van der Waals surface area contributed by atoms with E-state index in [0.29, 0.717) is 0 Å². The van der Waals surface area contributed by atoms with Gasteiger partial charge in [-0.15, -0.1) is 0 Å². The number of carboxylic acid groups (broad SMARTS) is 2. The second-order valence-corrected chi connectivity index (χ2v) is 0.610. The summed E-state index contributed by atoms with van der Waals surface area (Å²) in [6.07, 6.45) is 0. The van der Waals surface area contributed by atoms with Crippen LogP contribution >= 0.6 is 0 Å². The number of hydrogen-bond donors (Lipinski definition) is 2. The van der Waals surface area contributed by atoms with Crippen LogP contribution in [0, 0.1) is 0 Å². The SMILES string of the molecule is O=C(O)C(=O)O.[Re].[Re]. The molecule has 0 aliphatic rings. The third-order valence-electron chi connectivity index (χ3n) is 0.183. The fourth-order valence-corrected chi connectivity index (χ4v) is 0. The molecule has 0 rings (SSSR count). The molecule has 2 radical (unpaired) electrons. The van der Waals surface area contributed by atoms with Gasteiger partial charge in [0.15, 0.2) is 0 Å². The maximum absolute atomic E-state index is 9.10. The maximum Gasteiger partial charge on any atom is 0.414 e. The molecule has 0 bridgehead atoms. The van der Waals surface area contributed by atoms with Gasteiger partial charge in [0.05, 0.1) is 0 Å². The van der Waals surface area contributed by atoms with E-state index in [0.717, 1.165) is 0 Å². The van der Waals surface area contributed by atoms with Gasteiger partial charge in [-0.1, -0.05) is 0 Å². The van der Waals surface area contributed by atoms with Crippen molar-refractivity contribution >= 4 is 11.9 Å². The molecule has 0 unspecified atom stereocenters. The standard InChI is InChI=1S/C2H2O4.2Re/c3-1(4)2(5)6;;/h(H,3,4)(H,5,6);;. The molecule has 4 nitrogen and oxygen atoms in total. The number of rotatable bonds is 0. The monoisotopic (exact) mass is 464 g/mol. The van der Waals surface area contributed by atoms with Gasteiger partial charge in [-0.2, -0.15) is 0 Å². The van der Waals surface area contributed by atoms with Crippen LogP contribution in [0.1, 0.15) is 0 Å². The van der Waals surface area contributed by atoms with Gasteiger partial charge >= 0.3 is 11.9 Å². The minimum atomic E-state index is -1.82. The molecule has 6 heteroatoms. The van der Waals surface area contributed by atoms with Crippen molar-refractivity contribution in [2.24, 2.45) is 0 Å². The van der Waals surface area contributed by atoms with Crippen LogP contribution in [0.2, 0.25) is 0 Å². The van der Waals surface area contributed by atoms with Crippen LogP contribution in [0.3, 0.4) is 0 Å². The Hall–Kier alpha value is 0.265. The molecular formula is C2H2O4Re2. The minimum absolute atomic E-state index is 0. The Balaban J connectivity index is -0.000000125. The molecule has 0 spiro atoms. The summed E-state index contributed by atoms with van der Waals surface area (Å²) < 4.78 is 0. The second-order valence-electron chi connectivity index (χ2n) is 0.610. The van der Waals surface area contributed by atoms with Gasteiger partial charge in [0.25, 0.3) is 0 Å². The van der Waals surface area contributed by atoms with E-state index in [2.05, 4.69) is 0 Å². The molecule has 48 valence electrons. The van der Waals surface area contributed by atoms with Gasteiger partial charge in [0.2, 0.25) is 0 Å². The Bertz CT molecular complexity index is 78.0. The van der Waals surface area contributed by atoms with Crippen LogP contribution < -0.4 is 0 Å². The molecule has 0 aliphatic heterocycles. The largest absolute Gasteiger partial charge is 0.473 e. The Morgan fingerprint density at radius 3 is 1.00 bits per heavy atom. The predicted molar refractivity (Wildman–Crippen MR) is 15.3 cm³/mol. The van der Waals surface area contributed by atoms with Crippen molar-refractivity contribution in [1.82, 2.24) is 0 Å². The zero-order valence-electron chi connectivity index (χ0n) is 3.47. The Kier molecular flexibility index (Phi) is 14.3. The van der Waals surface area contributed by atoms with E-state index in [9.17, 15) is 0 Å². The van der Waals surface area contributed by atoms with Crippen molar-refractivity contribution in [2.45, 2.75) is 0 Å². The molecule has 0 aromatic rings. The Labute approximate surface area is 72.6 Å². The van der Waals surface area contributed by atoms with Gasteiger partial charge in [0, 0.05) is 40.8 Å². The molecule has 0 aromatic carbocycles.